The summed E-state index contributed by atoms with van der Waals surface area (Å²) in [6.07, 6.45) is 2.97. The first-order chi connectivity index (χ1) is 10.1. The highest BCUT2D eigenvalue weighted by Crippen LogP contribution is 2.50. The lowest BCUT2D eigenvalue weighted by Gasteiger charge is -2.40. The molecule has 0 aromatic heterocycles. The van der Waals surface area contributed by atoms with Crippen LogP contribution in [0.2, 0.25) is 12.6 Å². The Kier molecular flexibility index (Phi) is 3.24. The molecule has 2 fully saturated rings. The second-order valence-electron chi connectivity index (χ2n) is 6.02. The van der Waals surface area contributed by atoms with Gasteiger partial charge in [-0.05, 0) is 24.0 Å². The van der Waals surface area contributed by atoms with Gasteiger partial charge in [0.1, 0.15) is 0 Å². The number of nitro benzene ring substituents is 1. The van der Waals surface area contributed by atoms with Gasteiger partial charge in [-0.3, -0.25) is 10.1 Å². The summed E-state index contributed by atoms with van der Waals surface area (Å²) in [5.74, 6) is 2.61. The van der Waals surface area contributed by atoms with Crippen molar-refractivity contribution < 1.29 is 9.66 Å². The lowest BCUT2D eigenvalue weighted by Crippen LogP contribution is -2.43. The van der Waals surface area contributed by atoms with Gasteiger partial charge in [0, 0.05) is 30.8 Å². The van der Waals surface area contributed by atoms with Crippen LogP contribution in [0.3, 0.4) is 0 Å². The largest absolute Gasteiger partial charge is 0.490 e. The van der Waals surface area contributed by atoms with Gasteiger partial charge in [0.15, 0.2) is 5.75 Å². The van der Waals surface area contributed by atoms with Crippen LogP contribution >= 0.6 is 0 Å². The average Bonchev–Trinajstić information content (AvgIpc) is 2.90. The van der Waals surface area contributed by atoms with E-state index in [1.54, 1.807) is 12.1 Å². The van der Waals surface area contributed by atoms with Crippen LogP contribution in [0.5, 0.6) is 5.75 Å². The van der Waals surface area contributed by atoms with Gasteiger partial charge in [0.25, 0.3) is 6.71 Å². The van der Waals surface area contributed by atoms with Crippen molar-refractivity contribution in [3.8, 4) is 11.7 Å². The van der Waals surface area contributed by atoms with Crippen LogP contribution in [0.1, 0.15) is 6.42 Å². The molecule has 0 saturated carbocycles. The molecular formula is C14H16BN3O3. The highest BCUT2D eigenvalue weighted by atomic mass is 16.6. The van der Waals surface area contributed by atoms with Crippen molar-refractivity contribution in [2.45, 2.75) is 19.1 Å². The maximum atomic E-state index is 11.1. The van der Waals surface area contributed by atoms with E-state index in [9.17, 15) is 10.1 Å². The van der Waals surface area contributed by atoms with Crippen molar-refractivity contribution in [2.75, 3.05) is 25.1 Å². The summed E-state index contributed by atoms with van der Waals surface area (Å²) in [5.41, 5.74) is 1.11. The number of anilines is 1. The third kappa shape index (κ3) is 2.31. The molecule has 6 nitrogen and oxygen atoms in total. The van der Waals surface area contributed by atoms with Gasteiger partial charge in [-0.15, -0.1) is 0 Å². The van der Waals surface area contributed by atoms with E-state index in [2.05, 4.69) is 10.9 Å². The molecule has 2 aliphatic rings. The fraction of sp³-hybridized carbons (Fsp3) is 0.500. The quantitative estimate of drug-likeness (QED) is 0.484. The minimum atomic E-state index is -0.413. The zero-order valence-electron chi connectivity index (χ0n) is 11.9. The Labute approximate surface area is 123 Å². The molecule has 2 saturated heterocycles. The third-order valence-electron chi connectivity index (χ3n) is 4.70. The van der Waals surface area contributed by atoms with Crippen molar-refractivity contribution in [1.29, 1.82) is 5.26 Å². The summed E-state index contributed by atoms with van der Waals surface area (Å²) in [6.45, 7) is 1.96. The van der Waals surface area contributed by atoms with E-state index in [4.69, 9.17) is 10.00 Å². The zero-order chi connectivity index (χ0) is 15.0. The molecule has 1 aromatic carbocycles. The summed E-state index contributed by atoms with van der Waals surface area (Å²) in [7, 11) is 1.43. The van der Waals surface area contributed by atoms with Crippen molar-refractivity contribution in [3.05, 3.63) is 28.3 Å². The van der Waals surface area contributed by atoms with Crippen molar-refractivity contribution >= 4 is 18.1 Å². The number of nitriles is 1. The van der Waals surface area contributed by atoms with Crippen LogP contribution in [-0.2, 0) is 0 Å². The Balaban J connectivity index is 1.78. The van der Waals surface area contributed by atoms with Gasteiger partial charge >= 0.3 is 5.69 Å². The van der Waals surface area contributed by atoms with Gasteiger partial charge < -0.3 is 9.64 Å². The molecule has 0 radical (unpaired) electrons. The lowest BCUT2D eigenvalue weighted by molar-refractivity contribution is -0.385. The van der Waals surface area contributed by atoms with Crippen molar-refractivity contribution in [2.24, 2.45) is 5.41 Å². The molecule has 0 aliphatic carbocycles. The molecule has 0 bridgehead atoms. The topological polar surface area (TPSA) is 79.4 Å². The summed E-state index contributed by atoms with van der Waals surface area (Å²) < 4.78 is 5.03. The maximum absolute atomic E-state index is 11.1. The van der Waals surface area contributed by atoms with Gasteiger partial charge in [-0.2, -0.15) is 0 Å². The maximum Gasteiger partial charge on any atom is 0.312 e. The molecule has 2 heterocycles. The smallest absolute Gasteiger partial charge is 0.312 e. The van der Waals surface area contributed by atoms with E-state index in [0.29, 0.717) is 0 Å². The molecule has 7 heteroatoms. The van der Waals surface area contributed by atoms with Crippen LogP contribution in [0.15, 0.2) is 18.2 Å². The Morgan fingerprint density at radius 2 is 2.29 bits per heavy atom. The van der Waals surface area contributed by atoms with E-state index in [1.807, 2.05) is 6.07 Å². The summed E-state index contributed by atoms with van der Waals surface area (Å²) in [5, 5.41) is 20.0. The standard InChI is InChI=1S/C14H16BN3O3/c1-21-13-3-2-11(6-12(13)18(19)20)17-5-4-14(9-17)7-15(8-14)10-16/h2-3,6H,4-5,7-9H2,1H3. The van der Waals surface area contributed by atoms with Gasteiger partial charge in [-0.25, -0.2) is 5.26 Å². The molecular weight excluding hydrogens is 269 g/mol. The van der Waals surface area contributed by atoms with Crippen LogP contribution in [0.4, 0.5) is 11.4 Å². The molecule has 108 valence electrons. The Morgan fingerprint density at radius 3 is 2.90 bits per heavy atom. The number of nitro groups is 1. The van der Waals surface area contributed by atoms with E-state index in [0.717, 1.165) is 37.8 Å². The number of rotatable bonds is 3. The molecule has 1 aromatic rings. The molecule has 3 rings (SSSR count). The van der Waals surface area contributed by atoms with Crippen LogP contribution in [-0.4, -0.2) is 31.8 Å². The fourth-order valence-corrected chi connectivity index (χ4v) is 3.58. The Bertz CT molecular complexity index is 622. The zero-order valence-corrected chi connectivity index (χ0v) is 11.9. The van der Waals surface area contributed by atoms with Crippen molar-refractivity contribution in [3.63, 3.8) is 0 Å². The van der Waals surface area contributed by atoms with E-state index in [-0.39, 0.29) is 23.6 Å². The molecule has 0 unspecified atom stereocenters. The predicted molar refractivity (Wildman–Crippen MR) is 79.9 cm³/mol. The monoisotopic (exact) mass is 285 g/mol. The normalized spacial score (nSPS) is 19.2. The number of benzene rings is 1. The molecule has 21 heavy (non-hydrogen) atoms. The Hall–Kier alpha value is -2.23. The number of methoxy groups -OCH3 is 1. The van der Waals surface area contributed by atoms with Crippen molar-refractivity contribution in [1.82, 2.24) is 0 Å². The minimum absolute atomic E-state index is 0.000499. The first kappa shape index (κ1) is 13.7. The van der Waals surface area contributed by atoms with Crippen LogP contribution < -0.4 is 9.64 Å². The number of ether oxygens (including phenoxy) is 1. The summed E-state index contributed by atoms with van der Waals surface area (Å²) in [4.78, 5) is 12.9. The molecule has 0 amide bonds. The van der Waals surface area contributed by atoms with Gasteiger partial charge in [0.2, 0.25) is 0 Å². The third-order valence-corrected chi connectivity index (χ3v) is 4.70. The first-order valence-corrected chi connectivity index (χ1v) is 7.04. The minimum Gasteiger partial charge on any atom is -0.490 e. The van der Waals surface area contributed by atoms with Crippen LogP contribution in [0.25, 0.3) is 0 Å². The average molecular weight is 285 g/mol. The number of hydrogen-bond acceptors (Lipinski definition) is 5. The Morgan fingerprint density at radius 1 is 1.52 bits per heavy atom. The lowest BCUT2D eigenvalue weighted by atomic mass is 9.27. The fourth-order valence-electron chi connectivity index (χ4n) is 3.58. The van der Waals surface area contributed by atoms with E-state index >= 15 is 0 Å². The van der Waals surface area contributed by atoms with E-state index < -0.39 is 4.92 Å². The highest BCUT2D eigenvalue weighted by molar-refractivity contribution is 6.70. The second kappa shape index (κ2) is 4.95. The SMILES string of the molecule is COc1ccc(N2CCC3(CB(C#N)C3)C2)cc1[N+](=O)[O-]. The number of hydrogen-bond donors (Lipinski definition) is 0. The van der Waals surface area contributed by atoms with Crippen LogP contribution in [0, 0.1) is 26.8 Å². The van der Waals surface area contributed by atoms with Gasteiger partial charge in [0.05, 0.1) is 12.0 Å². The van der Waals surface area contributed by atoms with E-state index in [1.165, 1.54) is 7.11 Å². The predicted octanol–water partition coefficient (Wildman–Crippen LogP) is 2.37. The molecule has 0 N–H and O–H groups in total. The first-order valence-electron chi connectivity index (χ1n) is 7.04. The molecule has 0 atom stereocenters. The summed E-state index contributed by atoms with van der Waals surface area (Å²) in [6, 6.07) is 5.10. The highest BCUT2D eigenvalue weighted by Gasteiger charge is 2.50. The number of nitrogens with zero attached hydrogens (tertiary/aromatic N) is 3. The second-order valence-corrected chi connectivity index (χ2v) is 6.02. The summed E-state index contributed by atoms with van der Waals surface area (Å²) >= 11 is 0. The molecule has 1 spiro atoms. The molecule has 2 aliphatic heterocycles. The van der Waals surface area contributed by atoms with Gasteiger partial charge in [-0.1, -0.05) is 12.6 Å².